The van der Waals surface area contributed by atoms with Crippen molar-refractivity contribution in [2.45, 2.75) is 38.1 Å². The Bertz CT molecular complexity index is 1190. The molecule has 2 fully saturated rings. The molecule has 0 bridgehead atoms. The van der Waals surface area contributed by atoms with Gasteiger partial charge in [-0.2, -0.15) is 0 Å². The molecule has 2 heterocycles. The van der Waals surface area contributed by atoms with Crippen LogP contribution in [-0.4, -0.2) is 72.0 Å². The highest BCUT2D eigenvalue weighted by molar-refractivity contribution is 7.92. The first-order valence-electron chi connectivity index (χ1n) is 12.9. The van der Waals surface area contributed by atoms with Crippen LogP contribution >= 0.6 is 0 Å². The number of carbonyl (C=O) groups is 1. The molecule has 4 rings (SSSR count). The van der Waals surface area contributed by atoms with Gasteiger partial charge in [-0.1, -0.05) is 37.3 Å². The van der Waals surface area contributed by atoms with Gasteiger partial charge in [-0.25, -0.2) is 13.4 Å². The fourth-order valence-electron chi connectivity index (χ4n) is 5.20. The first-order valence-corrected chi connectivity index (χ1v) is 14.7. The number of methoxy groups -OCH3 is 1. The molecule has 1 aliphatic heterocycles. The molecule has 2 aliphatic rings. The molecule has 202 valence electrons. The van der Waals surface area contributed by atoms with E-state index in [-0.39, 0.29) is 23.2 Å². The predicted octanol–water partition coefficient (Wildman–Crippen LogP) is 2.83. The fraction of sp³-hybridized carbons (Fsp3) is 0.556. The number of ether oxygens (including phenoxy) is 1. The van der Waals surface area contributed by atoms with Crippen molar-refractivity contribution in [1.29, 1.82) is 0 Å². The van der Waals surface area contributed by atoms with Crippen LogP contribution in [0.1, 0.15) is 48.0 Å². The number of hydrogen-bond donors (Lipinski definition) is 3. The zero-order valence-corrected chi connectivity index (χ0v) is 23.0. The molecule has 10 heteroatoms. The van der Waals surface area contributed by atoms with E-state index < -0.39 is 10.0 Å². The lowest BCUT2D eigenvalue weighted by Crippen LogP contribution is -2.47. The summed E-state index contributed by atoms with van der Waals surface area (Å²) < 4.78 is 30.8. The number of benzene rings is 1. The molecule has 37 heavy (non-hydrogen) atoms. The molecule has 2 aromatic rings. The number of piperidine rings is 1. The SMILES string of the molecule is COC[C@@]1(C)C[C@@H]1CNc1cc(C(=O)NC[C@H]2NCCC[C@H]2c2ccccc2)cc(N(C)S(C)(=O)=O)n1. The third-order valence-electron chi connectivity index (χ3n) is 7.73. The minimum Gasteiger partial charge on any atom is -0.384 e. The molecule has 0 unspecified atom stereocenters. The second kappa shape index (κ2) is 11.4. The highest BCUT2D eigenvalue weighted by Crippen LogP contribution is 2.52. The van der Waals surface area contributed by atoms with Gasteiger partial charge in [-0.15, -0.1) is 0 Å². The third kappa shape index (κ3) is 6.80. The van der Waals surface area contributed by atoms with Crippen molar-refractivity contribution in [2.75, 3.05) is 56.3 Å². The van der Waals surface area contributed by atoms with Crippen LogP contribution < -0.4 is 20.3 Å². The lowest BCUT2D eigenvalue weighted by atomic mass is 9.84. The number of sulfonamides is 1. The summed E-state index contributed by atoms with van der Waals surface area (Å²) in [6, 6.07) is 13.7. The van der Waals surface area contributed by atoms with Gasteiger partial charge in [-0.3, -0.25) is 9.10 Å². The lowest BCUT2D eigenvalue weighted by Gasteiger charge is -2.33. The summed E-state index contributed by atoms with van der Waals surface area (Å²) in [7, 11) is -0.398. The maximum Gasteiger partial charge on any atom is 0.251 e. The van der Waals surface area contributed by atoms with Crippen molar-refractivity contribution in [3.63, 3.8) is 0 Å². The Kier molecular flexibility index (Phi) is 8.40. The van der Waals surface area contributed by atoms with Crippen molar-refractivity contribution in [2.24, 2.45) is 11.3 Å². The topological polar surface area (TPSA) is 113 Å². The standard InChI is InChI=1S/C27H39N5O4S/c1-27(18-36-3)15-21(27)16-29-24-13-20(14-25(31-24)32(2)37(4,34)35)26(33)30-17-23-22(11-8-12-28-23)19-9-6-5-7-10-19/h5-7,9-10,13-14,21-23,28H,8,11-12,15-18H2,1-4H3,(H,29,31)(H,30,33)/t21-,22+,23-,27-/m1/s1. The van der Waals surface area contributed by atoms with E-state index >= 15 is 0 Å². The van der Waals surface area contributed by atoms with Crippen LogP contribution in [0.2, 0.25) is 0 Å². The number of anilines is 2. The molecular formula is C27H39N5O4S. The van der Waals surface area contributed by atoms with E-state index in [1.165, 1.54) is 18.7 Å². The highest BCUT2D eigenvalue weighted by Gasteiger charge is 2.49. The Labute approximate surface area is 220 Å². The summed E-state index contributed by atoms with van der Waals surface area (Å²) in [5.41, 5.74) is 1.76. The number of amides is 1. The van der Waals surface area contributed by atoms with E-state index in [1.54, 1.807) is 13.2 Å². The third-order valence-corrected chi connectivity index (χ3v) is 8.91. The van der Waals surface area contributed by atoms with Gasteiger partial charge in [0.2, 0.25) is 10.0 Å². The average molecular weight is 530 g/mol. The molecule has 1 saturated heterocycles. The maximum absolute atomic E-state index is 13.3. The zero-order chi connectivity index (χ0) is 26.6. The van der Waals surface area contributed by atoms with Crippen molar-refractivity contribution in [3.8, 4) is 0 Å². The van der Waals surface area contributed by atoms with Gasteiger partial charge in [0.15, 0.2) is 0 Å². The second-order valence-electron chi connectivity index (χ2n) is 10.6. The van der Waals surface area contributed by atoms with Crippen LogP contribution in [0, 0.1) is 11.3 Å². The van der Waals surface area contributed by atoms with Crippen molar-refractivity contribution in [3.05, 3.63) is 53.6 Å². The minimum atomic E-state index is -3.54. The molecule has 4 atom stereocenters. The van der Waals surface area contributed by atoms with Crippen molar-refractivity contribution < 1.29 is 17.9 Å². The van der Waals surface area contributed by atoms with E-state index in [0.717, 1.165) is 36.4 Å². The summed E-state index contributed by atoms with van der Waals surface area (Å²) in [5, 5.41) is 9.94. The summed E-state index contributed by atoms with van der Waals surface area (Å²) in [6.07, 6.45) is 4.32. The number of hydrogen-bond acceptors (Lipinski definition) is 7. The van der Waals surface area contributed by atoms with Crippen LogP contribution in [0.3, 0.4) is 0 Å². The smallest absolute Gasteiger partial charge is 0.251 e. The fourth-order valence-corrected chi connectivity index (χ4v) is 5.63. The Balaban J connectivity index is 1.48. The highest BCUT2D eigenvalue weighted by atomic mass is 32.2. The average Bonchev–Trinajstić information content (AvgIpc) is 3.54. The maximum atomic E-state index is 13.3. The number of pyridine rings is 1. The van der Waals surface area contributed by atoms with Crippen LogP contribution in [0.5, 0.6) is 0 Å². The molecule has 0 spiro atoms. The van der Waals surface area contributed by atoms with E-state index in [2.05, 4.69) is 40.0 Å². The lowest BCUT2D eigenvalue weighted by molar-refractivity contribution is 0.0946. The molecule has 1 aromatic carbocycles. The van der Waals surface area contributed by atoms with E-state index in [9.17, 15) is 13.2 Å². The molecular weight excluding hydrogens is 490 g/mol. The largest absolute Gasteiger partial charge is 0.384 e. The minimum absolute atomic E-state index is 0.117. The number of carbonyl (C=O) groups excluding carboxylic acids is 1. The zero-order valence-electron chi connectivity index (χ0n) is 22.2. The van der Waals surface area contributed by atoms with Crippen LogP contribution in [0.25, 0.3) is 0 Å². The van der Waals surface area contributed by atoms with Crippen molar-refractivity contribution >= 4 is 27.6 Å². The molecule has 3 N–H and O–H groups in total. The van der Waals surface area contributed by atoms with Gasteiger partial charge in [0.05, 0.1) is 12.9 Å². The van der Waals surface area contributed by atoms with E-state index in [1.807, 2.05) is 18.2 Å². The summed E-state index contributed by atoms with van der Waals surface area (Å²) in [6.45, 7) is 4.93. The molecule has 1 aliphatic carbocycles. The second-order valence-corrected chi connectivity index (χ2v) is 12.6. The first kappa shape index (κ1) is 27.3. The Morgan fingerprint density at radius 2 is 2.00 bits per heavy atom. The van der Waals surface area contributed by atoms with Crippen LogP contribution in [0.4, 0.5) is 11.6 Å². The van der Waals surface area contributed by atoms with Crippen LogP contribution in [0.15, 0.2) is 42.5 Å². The predicted molar refractivity (Wildman–Crippen MR) is 147 cm³/mol. The van der Waals surface area contributed by atoms with E-state index in [0.29, 0.717) is 42.9 Å². The van der Waals surface area contributed by atoms with Gasteiger partial charge in [0, 0.05) is 44.8 Å². The molecule has 1 aromatic heterocycles. The van der Waals surface area contributed by atoms with Gasteiger partial charge in [0.1, 0.15) is 11.6 Å². The number of nitrogens with one attached hydrogen (secondary N) is 3. The van der Waals surface area contributed by atoms with Crippen molar-refractivity contribution in [1.82, 2.24) is 15.6 Å². The Hall–Kier alpha value is -2.69. The Morgan fingerprint density at radius 1 is 1.24 bits per heavy atom. The molecule has 9 nitrogen and oxygen atoms in total. The molecule has 0 radical (unpaired) electrons. The number of aromatic nitrogens is 1. The Morgan fingerprint density at radius 3 is 2.70 bits per heavy atom. The van der Waals surface area contributed by atoms with Gasteiger partial charge in [-0.05, 0) is 54.8 Å². The quantitative estimate of drug-likeness (QED) is 0.410. The summed E-state index contributed by atoms with van der Waals surface area (Å²) in [4.78, 5) is 17.8. The summed E-state index contributed by atoms with van der Waals surface area (Å²) >= 11 is 0. The van der Waals surface area contributed by atoms with E-state index in [4.69, 9.17) is 4.74 Å². The summed E-state index contributed by atoms with van der Waals surface area (Å²) in [5.74, 6) is 1.16. The van der Waals surface area contributed by atoms with Gasteiger partial charge >= 0.3 is 0 Å². The number of rotatable bonds is 11. The molecule has 1 saturated carbocycles. The normalized spacial score (nSPS) is 25.4. The monoisotopic (exact) mass is 529 g/mol. The van der Waals surface area contributed by atoms with Gasteiger partial charge in [0.25, 0.3) is 5.91 Å². The van der Waals surface area contributed by atoms with Crippen LogP contribution in [-0.2, 0) is 14.8 Å². The number of nitrogens with zero attached hydrogens (tertiary/aromatic N) is 2. The van der Waals surface area contributed by atoms with Gasteiger partial charge < -0.3 is 20.7 Å². The molecule has 1 amide bonds. The first-order chi connectivity index (χ1) is 17.6.